The first-order valence-corrected chi connectivity index (χ1v) is 5.92. The molecule has 2 nitrogen and oxygen atoms in total. The fourth-order valence-corrected chi connectivity index (χ4v) is 1.73. The molecule has 0 saturated heterocycles. The van der Waals surface area contributed by atoms with E-state index in [4.69, 9.17) is 11.6 Å². The third-order valence-corrected chi connectivity index (χ3v) is 2.95. The smallest absolute Gasteiger partial charge is 0.129 e. The molecule has 0 aliphatic rings. The molecule has 15 heavy (non-hydrogen) atoms. The average Bonchev–Trinajstić information content (AvgIpc) is 2.26. The van der Waals surface area contributed by atoms with Gasteiger partial charge in [0.05, 0.1) is 0 Å². The maximum atomic E-state index is 5.75. The summed E-state index contributed by atoms with van der Waals surface area (Å²) < 4.78 is 0. The van der Waals surface area contributed by atoms with Crippen LogP contribution in [0.25, 0.3) is 0 Å². The topological polar surface area (TPSA) is 24.9 Å². The zero-order valence-electron chi connectivity index (χ0n) is 9.63. The third-order valence-electron chi connectivity index (χ3n) is 2.72. The summed E-state index contributed by atoms with van der Waals surface area (Å²) in [7, 11) is 0. The highest BCUT2D eigenvalue weighted by Gasteiger charge is 2.10. The van der Waals surface area contributed by atoms with Gasteiger partial charge in [0, 0.05) is 18.3 Å². The lowest BCUT2D eigenvalue weighted by atomic mass is 10.1. The number of pyridine rings is 1. The number of hydrogen-bond acceptors (Lipinski definition) is 2. The van der Waals surface area contributed by atoms with Gasteiger partial charge in [0.2, 0.25) is 0 Å². The minimum Gasteiger partial charge on any atom is -0.307 e. The van der Waals surface area contributed by atoms with Crippen molar-refractivity contribution in [3.63, 3.8) is 0 Å². The Morgan fingerprint density at radius 3 is 2.47 bits per heavy atom. The first-order chi connectivity index (χ1) is 7.17. The molecule has 0 radical (unpaired) electrons. The third kappa shape index (κ3) is 3.80. The Hall–Kier alpha value is -0.600. The molecule has 0 aliphatic heterocycles. The summed E-state index contributed by atoms with van der Waals surface area (Å²) in [5.41, 5.74) is 1.19. The van der Waals surface area contributed by atoms with E-state index in [1.807, 2.05) is 18.3 Å². The number of nitrogens with zero attached hydrogens (tertiary/aromatic N) is 1. The van der Waals surface area contributed by atoms with Crippen LogP contribution in [0, 0.1) is 0 Å². The van der Waals surface area contributed by atoms with Crippen molar-refractivity contribution in [2.24, 2.45) is 0 Å². The molecule has 1 unspecified atom stereocenters. The fraction of sp³-hybridized carbons (Fsp3) is 0.583. The molecule has 0 bridgehead atoms. The van der Waals surface area contributed by atoms with Crippen molar-refractivity contribution in [1.29, 1.82) is 0 Å². The van der Waals surface area contributed by atoms with Crippen LogP contribution in [0.2, 0.25) is 5.15 Å². The maximum Gasteiger partial charge on any atom is 0.129 e. The van der Waals surface area contributed by atoms with Gasteiger partial charge < -0.3 is 5.32 Å². The first-order valence-electron chi connectivity index (χ1n) is 5.54. The average molecular weight is 227 g/mol. The van der Waals surface area contributed by atoms with Gasteiger partial charge in [-0.15, -0.1) is 0 Å². The number of halogens is 1. The summed E-state index contributed by atoms with van der Waals surface area (Å²) in [6, 6.07) is 4.77. The summed E-state index contributed by atoms with van der Waals surface area (Å²) in [6.45, 7) is 6.56. The SMILES string of the molecule is CCC(CC)NC(C)c1ccc(Cl)nc1. The highest BCUT2D eigenvalue weighted by Crippen LogP contribution is 2.15. The Balaban J connectivity index is 2.60. The minimum atomic E-state index is 0.333. The number of hydrogen-bond donors (Lipinski definition) is 1. The molecule has 0 aromatic carbocycles. The molecule has 0 spiro atoms. The molecule has 0 amide bonds. The van der Waals surface area contributed by atoms with E-state index in [0.717, 1.165) is 12.8 Å². The molecule has 1 N–H and O–H groups in total. The van der Waals surface area contributed by atoms with Crippen molar-refractivity contribution in [3.8, 4) is 0 Å². The van der Waals surface area contributed by atoms with Gasteiger partial charge in [-0.25, -0.2) is 4.98 Å². The van der Waals surface area contributed by atoms with E-state index < -0.39 is 0 Å². The Kier molecular flexibility index (Phi) is 5.06. The second kappa shape index (κ2) is 6.09. The number of nitrogens with one attached hydrogen (secondary N) is 1. The van der Waals surface area contributed by atoms with Crippen molar-refractivity contribution in [2.45, 2.75) is 45.7 Å². The Labute approximate surface area is 97.1 Å². The second-order valence-corrected chi connectivity index (χ2v) is 4.20. The summed E-state index contributed by atoms with van der Waals surface area (Å²) in [4.78, 5) is 4.08. The molecule has 1 heterocycles. The van der Waals surface area contributed by atoms with Crippen LogP contribution in [0.15, 0.2) is 18.3 Å². The quantitative estimate of drug-likeness (QED) is 0.777. The highest BCUT2D eigenvalue weighted by molar-refractivity contribution is 6.29. The van der Waals surface area contributed by atoms with Crippen LogP contribution < -0.4 is 5.32 Å². The normalized spacial score (nSPS) is 13.1. The van der Waals surface area contributed by atoms with E-state index in [0.29, 0.717) is 17.2 Å². The van der Waals surface area contributed by atoms with Crippen LogP contribution in [0.5, 0.6) is 0 Å². The van der Waals surface area contributed by atoms with Crippen LogP contribution in [0.3, 0.4) is 0 Å². The molecule has 1 aromatic rings. The minimum absolute atomic E-state index is 0.333. The number of aromatic nitrogens is 1. The van der Waals surface area contributed by atoms with Crippen LogP contribution >= 0.6 is 11.6 Å². The lowest BCUT2D eigenvalue weighted by molar-refractivity contribution is 0.432. The van der Waals surface area contributed by atoms with Gasteiger partial charge in [-0.1, -0.05) is 31.5 Å². The van der Waals surface area contributed by atoms with Crippen molar-refractivity contribution in [1.82, 2.24) is 10.3 Å². The predicted molar refractivity (Wildman–Crippen MR) is 65.2 cm³/mol. The fourth-order valence-electron chi connectivity index (χ4n) is 1.62. The summed E-state index contributed by atoms with van der Waals surface area (Å²) in [5.74, 6) is 0. The monoisotopic (exact) mass is 226 g/mol. The van der Waals surface area contributed by atoms with Crippen LogP contribution in [-0.2, 0) is 0 Å². The standard InChI is InChI=1S/C12H19ClN2/c1-4-11(5-2)15-9(3)10-6-7-12(13)14-8-10/h6-9,11,15H,4-5H2,1-3H3. The van der Waals surface area contributed by atoms with E-state index in [9.17, 15) is 0 Å². The zero-order valence-corrected chi connectivity index (χ0v) is 10.4. The molecule has 1 aromatic heterocycles. The van der Waals surface area contributed by atoms with Gasteiger partial charge in [-0.2, -0.15) is 0 Å². The van der Waals surface area contributed by atoms with Crippen LogP contribution in [0.4, 0.5) is 0 Å². The van der Waals surface area contributed by atoms with E-state index in [1.165, 1.54) is 5.56 Å². The second-order valence-electron chi connectivity index (χ2n) is 3.82. The van der Waals surface area contributed by atoms with Gasteiger partial charge in [-0.3, -0.25) is 0 Å². The largest absolute Gasteiger partial charge is 0.307 e. The molecule has 1 rings (SSSR count). The lowest BCUT2D eigenvalue weighted by Crippen LogP contribution is -2.30. The Morgan fingerprint density at radius 1 is 1.33 bits per heavy atom. The molecule has 3 heteroatoms. The predicted octanol–water partition coefficient (Wildman–Crippen LogP) is 3.57. The van der Waals surface area contributed by atoms with Gasteiger partial charge in [0.25, 0.3) is 0 Å². The molecule has 84 valence electrons. The van der Waals surface area contributed by atoms with E-state index in [2.05, 4.69) is 31.1 Å². The van der Waals surface area contributed by atoms with Crippen molar-refractivity contribution in [2.75, 3.05) is 0 Å². The molecule has 0 aliphatic carbocycles. The van der Waals surface area contributed by atoms with Gasteiger partial charge >= 0.3 is 0 Å². The molecular weight excluding hydrogens is 208 g/mol. The van der Waals surface area contributed by atoms with Crippen molar-refractivity contribution in [3.05, 3.63) is 29.0 Å². The highest BCUT2D eigenvalue weighted by atomic mass is 35.5. The van der Waals surface area contributed by atoms with Gasteiger partial charge in [0.1, 0.15) is 5.15 Å². The Bertz CT molecular complexity index is 280. The molecule has 0 fully saturated rings. The van der Waals surface area contributed by atoms with Gasteiger partial charge in [-0.05, 0) is 31.4 Å². The van der Waals surface area contributed by atoms with Crippen molar-refractivity contribution >= 4 is 11.6 Å². The number of rotatable bonds is 5. The van der Waals surface area contributed by atoms with Gasteiger partial charge in [0.15, 0.2) is 0 Å². The van der Waals surface area contributed by atoms with Crippen molar-refractivity contribution < 1.29 is 0 Å². The zero-order chi connectivity index (χ0) is 11.3. The van der Waals surface area contributed by atoms with Crippen LogP contribution in [-0.4, -0.2) is 11.0 Å². The lowest BCUT2D eigenvalue weighted by Gasteiger charge is -2.21. The Morgan fingerprint density at radius 2 is 2.00 bits per heavy atom. The molecular formula is C12H19ClN2. The molecule has 1 atom stereocenters. The summed E-state index contributed by atoms with van der Waals surface area (Å²) >= 11 is 5.75. The summed E-state index contributed by atoms with van der Waals surface area (Å²) in [6.07, 6.45) is 4.14. The summed E-state index contributed by atoms with van der Waals surface area (Å²) in [5, 5.41) is 4.12. The molecule has 0 saturated carbocycles. The van der Waals surface area contributed by atoms with E-state index >= 15 is 0 Å². The van der Waals surface area contributed by atoms with Crippen LogP contribution in [0.1, 0.15) is 45.2 Å². The first kappa shape index (κ1) is 12.5. The van der Waals surface area contributed by atoms with E-state index in [1.54, 1.807) is 0 Å². The van der Waals surface area contributed by atoms with E-state index in [-0.39, 0.29) is 0 Å². The maximum absolute atomic E-state index is 5.75.